The van der Waals surface area contributed by atoms with Crippen molar-refractivity contribution in [3.63, 3.8) is 0 Å². The highest BCUT2D eigenvalue weighted by Crippen LogP contribution is 2.46. The quantitative estimate of drug-likeness (QED) is 0.0632. The predicted octanol–water partition coefficient (Wildman–Crippen LogP) is 34.4. The number of hydrogen-bond donors (Lipinski definition) is 0. The standard InChI is InChI=1S/C124H89N3/c1-5-24-89(25-6-1)90-50-48-88(49-51-90)84-122(102-26-7-2-8-27-102)105-66-60-93(61-67-105)92-56-62-103(63-57-92)118-42-17-18-43-119(118)104-64-58-94(59-65-104)96-70-78-114(79-71-96)125(111-37-9-3-10-38-111)113-76-68-95(69-77-113)91-52-54-97(55-53-91)110-36-21-41-117(87-110)127(124-47-23-31-101-29-14-16-45-121(101)124)116-82-74-99(75-83-116)107-33-20-35-109(86-107)108-34-19-32-106(85-108)98-72-80-115(81-73-98)126(112-39-11-4-12-40-112)123-46-22-30-100-28-13-15-44-120(100)123/h1-83,85-87,122H,84H2. The average Bonchev–Trinajstić information content (AvgIpc) is 0.778. The molecule has 1 atom stereocenters. The predicted molar refractivity (Wildman–Crippen MR) is 538 cm³/mol. The van der Waals surface area contributed by atoms with Crippen molar-refractivity contribution in [3.05, 3.63) is 538 Å². The first-order valence-electron chi connectivity index (χ1n) is 43.8. The Balaban J connectivity index is 0.491. The first kappa shape index (κ1) is 77.8. The molecule has 21 rings (SSSR count). The Bertz CT molecular complexity index is 7360. The van der Waals surface area contributed by atoms with Gasteiger partial charge in [0.2, 0.25) is 0 Å². The zero-order valence-corrected chi connectivity index (χ0v) is 70.3. The Hall–Kier alpha value is -16.5. The maximum atomic E-state index is 2.41. The molecule has 0 aliphatic heterocycles. The van der Waals surface area contributed by atoms with Gasteiger partial charge in [0.05, 0.1) is 11.4 Å². The van der Waals surface area contributed by atoms with Gasteiger partial charge in [-0.1, -0.05) is 413 Å². The zero-order chi connectivity index (χ0) is 84.6. The highest BCUT2D eigenvalue weighted by molar-refractivity contribution is 6.01. The minimum atomic E-state index is 0.231. The number of para-hydroxylation sites is 2. The van der Waals surface area contributed by atoms with E-state index in [1.54, 1.807) is 0 Å². The fraction of sp³-hybridized carbons (Fsp3) is 0.0161. The number of fused-ring (bicyclic) bond motifs is 2. The average molecular weight is 1620 g/mol. The molecule has 3 heteroatoms. The molecular weight excluding hydrogens is 1530 g/mol. The van der Waals surface area contributed by atoms with Crippen LogP contribution in [0.15, 0.2) is 522 Å². The van der Waals surface area contributed by atoms with Crippen molar-refractivity contribution in [1.82, 2.24) is 0 Å². The van der Waals surface area contributed by atoms with Gasteiger partial charge in [0.25, 0.3) is 0 Å². The van der Waals surface area contributed by atoms with Crippen LogP contribution in [0.2, 0.25) is 0 Å². The van der Waals surface area contributed by atoms with Crippen LogP contribution < -0.4 is 14.7 Å². The molecule has 0 aromatic heterocycles. The molecule has 0 radical (unpaired) electrons. The van der Waals surface area contributed by atoms with E-state index in [4.69, 9.17) is 0 Å². The summed E-state index contributed by atoms with van der Waals surface area (Å²) in [6.45, 7) is 0. The van der Waals surface area contributed by atoms with Gasteiger partial charge in [-0.25, -0.2) is 0 Å². The third-order valence-corrected chi connectivity index (χ3v) is 24.9. The molecule has 127 heavy (non-hydrogen) atoms. The van der Waals surface area contributed by atoms with E-state index in [2.05, 4.69) is 536 Å². The van der Waals surface area contributed by atoms with E-state index < -0.39 is 0 Å². The molecule has 0 fully saturated rings. The van der Waals surface area contributed by atoms with Crippen molar-refractivity contribution in [1.29, 1.82) is 0 Å². The lowest BCUT2D eigenvalue weighted by atomic mass is 9.85. The number of rotatable bonds is 23. The Morgan fingerprint density at radius 1 is 0.150 bits per heavy atom. The minimum absolute atomic E-state index is 0.231. The Morgan fingerprint density at radius 2 is 0.394 bits per heavy atom. The number of hydrogen-bond acceptors (Lipinski definition) is 3. The molecular formula is C124H89N3. The summed E-state index contributed by atoms with van der Waals surface area (Å²) in [7, 11) is 0. The molecule has 21 aromatic rings. The van der Waals surface area contributed by atoms with Crippen molar-refractivity contribution >= 4 is 72.7 Å². The highest BCUT2D eigenvalue weighted by atomic mass is 15.2. The SMILES string of the molecule is c1ccc(-c2ccc(CC(c3ccccc3)c3ccc(-c4ccc(-c5ccccc5-c5ccc(-c6ccc(N(c7ccccc7)c7ccc(-c8ccc(-c9cccc(N(c%10ccc(-c%11cccc(-c%12cccc(-c%13ccc(N(c%14ccccc%14)c%14cccc%15ccccc%14%15)cc%13)c%12)c%11)cc%10)c%10cccc%11ccccc%10%11)c9)cc8)cc7)cc6)cc5)cc4)cc3)cc2)cc1. The molecule has 3 nitrogen and oxygen atoms in total. The Morgan fingerprint density at radius 3 is 0.819 bits per heavy atom. The molecule has 21 aromatic carbocycles. The monoisotopic (exact) mass is 1620 g/mol. The van der Waals surface area contributed by atoms with E-state index in [9.17, 15) is 0 Å². The number of nitrogens with zero attached hydrogens (tertiary/aromatic N) is 3. The minimum Gasteiger partial charge on any atom is -0.311 e. The van der Waals surface area contributed by atoms with E-state index in [1.807, 2.05) is 0 Å². The maximum absolute atomic E-state index is 2.41. The number of benzene rings is 21. The van der Waals surface area contributed by atoms with Crippen LogP contribution in [0.4, 0.5) is 51.2 Å². The second kappa shape index (κ2) is 35.5. The molecule has 600 valence electrons. The zero-order valence-electron chi connectivity index (χ0n) is 70.3. The first-order chi connectivity index (χ1) is 62.9. The van der Waals surface area contributed by atoms with Crippen molar-refractivity contribution in [2.45, 2.75) is 12.3 Å². The molecule has 0 N–H and O–H groups in total. The van der Waals surface area contributed by atoms with Crippen molar-refractivity contribution < 1.29 is 0 Å². The third-order valence-electron chi connectivity index (χ3n) is 24.9. The summed E-state index contributed by atoms with van der Waals surface area (Å²) in [5.74, 6) is 0.231. The molecule has 0 heterocycles. The first-order valence-corrected chi connectivity index (χ1v) is 43.8. The van der Waals surface area contributed by atoms with Gasteiger partial charge < -0.3 is 14.7 Å². The molecule has 0 saturated carbocycles. The lowest BCUT2D eigenvalue weighted by Crippen LogP contribution is -2.10. The second-order valence-corrected chi connectivity index (χ2v) is 32.7. The summed E-state index contributed by atoms with van der Waals surface area (Å²) in [6.07, 6.45) is 0.919. The van der Waals surface area contributed by atoms with Crippen molar-refractivity contribution in [3.8, 4) is 111 Å². The van der Waals surface area contributed by atoms with Gasteiger partial charge in [-0.2, -0.15) is 0 Å². The van der Waals surface area contributed by atoms with Crippen LogP contribution >= 0.6 is 0 Å². The van der Waals surface area contributed by atoms with Crippen LogP contribution in [0.3, 0.4) is 0 Å². The summed E-state index contributed by atoms with van der Waals surface area (Å²) >= 11 is 0. The van der Waals surface area contributed by atoms with Gasteiger partial charge >= 0.3 is 0 Å². The van der Waals surface area contributed by atoms with Gasteiger partial charge in [0, 0.05) is 56.5 Å². The molecule has 0 spiro atoms. The van der Waals surface area contributed by atoms with Crippen LogP contribution in [-0.4, -0.2) is 0 Å². The van der Waals surface area contributed by atoms with Gasteiger partial charge in [-0.3, -0.25) is 0 Å². The van der Waals surface area contributed by atoms with Crippen LogP contribution in [-0.2, 0) is 6.42 Å². The molecule has 0 amide bonds. The molecule has 1 unspecified atom stereocenters. The van der Waals surface area contributed by atoms with Gasteiger partial charge in [-0.15, -0.1) is 0 Å². The largest absolute Gasteiger partial charge is 0.311 e. The summed E-state index contributed by atoms with van der Waals surface area (Å²) in [5, 5.41) is 4.79. The third kappa shape index (κ3) is 16.6. The Labute approximate surface area is 744 Å². The number of anilines is 9. The second-order valence-electron chi connectivity index (χ2n) is 32.7. The molecule has 0 aliphatic rings. The topological polar surface area (TPSA) is 9.72 Å². The van der Waals surface area contributed by atoms with E-state index >= 15 is 0 Å². The summed E-state index contributed by atoms with van der Waals surface area (Å²) in [6, 6.07) is 190. The summed E-state index contributed by atoms with van der Waals surface area (Å²) in [5.41, 5.74) is 37.3. The van der Waals surface area contributed by atoms with Crippen LogP contribution in [0, 0.1) is 0 Å². The lowest BCUT2D eigenvalue weighted by molar-refractivity contribution is 0.805. The van der Waals surface area contributed by atoms with Crippen molar-refractivity contribution in [2.75, 3.05) is 14.7 Å². The van der Waals surface area contributed by atoms with Gasteiger partial charge in [-0.05, 0) is 254 Å². The van der Waals surface area contributed by atoms with Gasteiger partial charge in [0.15, 0.2) is 0 Å². The summed E-state index contributed by atoms with van der Waals surface area (Å²) < 4.78 is 0. The van der Waals surface area contributed by atoms with Crippen LogP contribution in [0.1, 0.15) is 22.6 Å². The van der Waals surface area contributed by atoms with Gasteiger partial charge in [0.1, 0.15) is 0 Å². The summed E-state index contributed by atoms with van der Waals surface area (Å²) in [4.78, 5) is 7.11. The maximum Gasteiger partial charge on any atom is 0.0540 e. The van der Waals surface area contributed by atoms with Crippen molar-refractivity contribution in [2.24, 2.45) is 0 Å². The van der Waals surface area contributed by atoms with E-state index in [-0.39, 0.29) is 5.92 Å². The molecule has 0 saturated heterocycles. The molecule has 0 aliphatic carbocycles. The highest BCUT2D eigenvalue weighted by Gasteiger charge is 2.22. The Kier molecular flexibility index (Phi) is 21.8. The van der Waals surface area contributed by atoms with E-state index in [1.165, 1.54) is 93.9 Å². The lowest BCUT2D eigenvalue weighted by Gasteiger charge is -2.27. The normalized spacial score (nSPS) is 11.5. The van der Waals surface area contributed by atoms with Crippen LogP contribution in [0.25, 0.3) is 133 Å². The fourth-order valence-corrected chi connectivity index (χ4v) is 18.3. The van der Waals surface area contributed by atoms with Crippen LogP contribution in [0.5, 0.6) is 0 Å². The van der Waals surface area contributed by atoms with E-state index in [0.29, 0.717) is 0 Å². The molecule has 0 bridgehead atoms. The van der Waals surface area contributed by atoms with E-state index in [0.717, 1.165) is 113 Å². The fourth-order valence-electron chi connectivity index (χ4n) is 18.3. The smallest absolute Gasteiger partial charge is 0.0540 e.